The Labute approximate surface area is 491 Å². The molecular formula is C61H81ClN7O11PS. The largest absolute Gasteiger partial charge is 0.496 e. The van der Waals surface area contributed by atoms with Crippen molar-refractivity contribution in [1.82, 2.24) is 30.5 Å². The van der Waals surface area contributed by atoms with Crippen molar-refractivity contribution in [2.75, 3.05) is 97.8 Å². The molecule has 82 heavy (non-hydrogen) atoms. The Morgan fingerprint density at radius 2 is 1.51 bits per heavy atom. The lowest BCUT2D eigenvalue weighted by Crippen LogP contribution is -2.50. The number of ketones is 1. The summed E-state index contributed by atoms with van der Waals surface area (Å²) in [7, 11) is -0.842. The number of carbonyl (C=O) groups excluding carboxylic acids is 4. The number of nitrogens with one attached hydrogen (secondary N) is 2. The summed E-state index contributed by atoms with van der Waals surface area (Å²) < 4.78 is 41.3. The van der Waals surface area contributed by atoms with Gasteiger partial charge >= 0.3 is 0 Å². The van der Waals surface area contributed by atoms with Gasteiger partial charge in [0.15, 0.2) is 0 Å². The lowest BCUT2D eigenvalue weighted by Gasteiger charge is -2.34. The van der Waals surface area contributed by atoms with E-state index in [0.717, 1.165) is 75.5 Å². The van der Waals surface area contributed by atoms with Crippen molar-refractivity contribution >= 4 is 64.6 Å². The standard InChI is InChI=1S/C61H81ClN7O11PS/c1-41-58(82-40-65-41)43-14-12-42(13-15-43)37-64-59(73)53-36-49(71)39-69(53)60(74)50(61(2,3)4)35-48(70)20-24-77-26-28-79-30-31-80-29-27-78-25-21-57(72)66-46-18-22-68(23-19-46)47-17-16-44(54(34-47)76-5)33-56-63-38-51(62)52(67-56)32-45-10-8-9-11-55(45)81(6,7)75/h8-17,34,38,40,46,49-50,53,71H,18-33,35-37,39H2,1-7H3,(H,64,73)(H,66,72)/t49-,50-,53+/m1/s1. The first-order valence-electron chi connectivity index (χ1n) is 28.2. The summed E-state index contributed by atoms with van der Waals surface area (Å²) in [5.41, 5.74) is 7.77. The maximum atomic E-state index is 14.0. The maximum absolute atomic E-state index is 14.0. The molecule has 0 radical (unpaired) electrons. The van der Waals surface area contributed by atoms with E-state index in [-0.39, 0.29) is 88.1 Å². The molecule has 21 heteroatoms. The van der Waals surface area contributed by atoms with Crippen LogP contribution in [0.1, 0.15) is 93.2 Å². The van der Waals surface area contributed by atoms with Gasteiger partial charge in [0.1, 0.15) is 30.5 Å². The third kappa shape index (κ3) is 18.9. The highest BCUT2D eigenvalue weighted by molar-refractivity contribution is 7.70. The van der Waals surface area contributed by atoms with Crippen LogP contribution in [0.4, 0.5) is 5.69 Å². The zero-order valence-corrected chi connectivity index (χ0v) is 50.9. The van der Waals surface area contributed by atoms with Crippen LogP contribution in [-0.2, 0) is 62.1 Å². The van der Waals surface area contributed by atoms with Gasteiger partial charge in [-0.3, -0.25) is 19.2 Å². The number of halogens is 1. The lowest BCUT2D eigenvalue weighted by atomic mass is 9.76. The zero-order chi connectivity index (χ0) is 58.8. The van der Waals surface area contributed by atoms with Crippen molar-refractivity contribution in [3.63, 3.8) is 0 Å². The molecule has 0 bridgehead atoms. The fourth-order valence-corrected chi connectivity index (χ4v) is 12.5. The number of hydrogen-bond donors (Lipinski definition) is 3. The molecule has 3 aromatic carbocycles. The zero-order valence-electron chi connectivity index (χ0n) is 48.5. The van der Waals surface area contributed by atoms with Gasteiger partial charge in [-0.05, 0) is 61.3 Å². The number of thiazole rings is 1. The van der Waals surface area contributed by atoms with E-state index in [0.29, 0.717) is 62.4 Å². The molecule has 2 aromatic heterocycles. The second kappa shape index (κ2) is 30.8. The van der Waals surface area contributed by atoms with Gasteiger partial charge < -0.3 is 53.8 Å². The van der Waals surface area contributed by atoms with Gasteiger partial charge in [-0.25, -0.2) is 15.0 Å². The molecule has 2 fully saturated rings. The van der Waals surface area contributed by atoms with Crippen LogP contribution >= 0.6 is 30.1 Å². The normalized spacial score (nSPS) is 16.3. The molecule has 2 saturated heterocycles. The van der Waals surface area contributed by atoms with Crippen LogP contribution in [0.15, 0.2) is 78.4 Å². The molecule has 5 aromatic rings. The number of aliphatic hydroxyl groups excluding tert-OH is 1. The number of anilines is 1. The first kappa shape index (κ1) is 63.9. The SMILES string of the molecule is COc1cc(N2CCC(NC(=O)CCOCCOCCOCCOCCC(=O)C[C@H](C(=O)N3C[C@H](O)C[C@H]3C(=O)NCc3ccc(-c4scnc4C)cc3)C(C)(C)C)CC2)ccc1Cc1ncc(Cl)c(Cc2ccccc2P(C)(C)=O)n1. The number of aliphatic hydroxyl groups is 1. The molecule has 2 aliphatic heterocycles. The summed E-state index contributed by atoms with van der Waals surface area (Å²) in [5.74, 6) is -0.172. The number of amides is 3. The van der Waals surface area contributed by atoms with Gasteiger partial charge in [-0.2, -0.15) is 0 Å². The van der Waals surface area contributed by atoms with E-state index in [4.69, 9.17) is 40.3 Å². The average Bonchev–Trinajstić information content (AvgIpc) is 4.20. The molecule has 0 aliphatic carbocycles. The van der Waals surface area contributed by atoms with Crippen LogP contribution in [0.25, 0.3) is 10.4 Å². The minimum absolute atomic E-state index is 0.00475. The van der Waals surface area contributed by atoms with Crippen molar-refractivity contribution in [2.24, 2.45) is 11.3 Å². The average molecular weight is 1190 g/mol. The van der Waals surface area contributed by atoms with Crippen LogP contribution in [0.2, 0.25) is 5.02 Å². The van der Waals surface area contributed by atoms with Crippen molar-refractivity contribution in [2.45, 2.75) is 104 Å². The fraction of sp³-hybridized carbons (Fsp3) is 0.525. The van der Waals surface area contributed by atoms with Crippen LogP contribution in [-0.4, -0.2) is 160 Å². The van der Waals surface area contributed by atoms with Gasteiger partial charge in [-0.1, -0.05) is 87.0 Å². The van der Waals surface area contributed by atoms with Gasteiger partial charge in [0.05, 0.1) is 92.9 Å². The van der Waals surface area contributed by atoms with E-state index in [1.54, 1.807) is 38.0 Å². The minimum Gasteiger partial charge on any atom is -0.496 e. The van der Waals surface area contributed by atoms with E-state index in [2.05, 4.69) is 31.6 Å². The van der Waals surface area contributed by atoms with E-state index < -0.39 is 30.6 Å². The number of ether oxygens (including phenoxy) is 5. The highest BCUT2D eigenvalue weighted by Gasteiger charge is 2.44. The summed E-state index contributed by atoms with van der Waals surface area (Å²) in [6.07, 6.45) is 3.80. The highest BCUT2D eigenvalue weighted by Crippen LogP contribution is 2.38. The molecule has 4 heterocycles. The van der Waals surface area contributed by atoms with Crippen LogP contribution in [0, 0.1) is 18.3 Å². The monoisotopic (exact) mass is 1190 g/mol. The quantitative estimate of drug-likeness (QED) is 0.0295. The topological polar surface area (TPSA) is 221 Å². The number of benzene rings is 3. The smallest absolute Gasteiger partial charge is 0.243 e. The van der Waals surface area contributed by atoms with Crippen LogP contribution in [0.3, 0.4) is 0 Å². The molecule has 2 aliphatic rings. The molecule has 7 rings (SSSR count). The number of piperidine rings is 1. The van der Waals surface area contributed by atoms with E-state index in [1.807, 2.05) is 93.9 Å². The molecule has 3 atom stereocenters. The number of β-amino-alcohol motifs (C(OH)–C–C–N with tert-alkyl or cyclic N) is 1. The van der Waals surface area contributed by atoms with Gasteiger partial charge in [-0.15, -0.1) is 11.3 Å². The Morgan fingerprint density at radius 1 is 0.854 bits per heavy atom. The first-order valence-corrected chi connectivity index (χ1v) is 32.1. The Morgan fingerprint density at radius 3 is 2.15 bits per heavy atom. The number of methoxy groups -OCH3 is 1. The lowest BCUT2D eigenvalue weighted by molar-refractivity contribution is -0.146. The van der Waals surface area contributed by atoms with E-state index >= 15 is 0 Å². The predicted molar refractivity (Wildman–Crippen MR) is 320 cm³/mol. The Kier molecular flexibility index (Phi) is 24.0. The molecule has 0 spiro atoms. The summed E-state index contributed by atoms with van der Waals surface area (Å²) in [6, 6.07) is 21.0. The van der Waals surface area contributed by atoms with Crippen molar-refractivity contribution in [3.8, 4) is 16.2 Å². The van der Waals surface area contributed by atoms with Crippen molar-refractivity contribution in [3.05, 3.63) is 117 Å². The molecule has 0 unspecified atom stereocenters. The number of nitrogens with zero attached hydrogens (tertiary/aromatic N) is 5. The number of hydrogen-bond acceptors (Lipinski definition) is 16. The number of aryl methyl sites for hydroxylation is 1. The summed E-state index contributed by atoms with van der Waals surface area (Å²) in [5, 5.41) is 18.0. The second-order valence-corrected chi connectivity index (χ2v) is 26.9. The number of Topliss-reactive ketones (excluding diaryl/α,β-unsaturated/α-hetero) is 1. The number of likely N-dealkylation sites (tertiary alicyclic amines) is 1. The number of aromatic nitrogens is 3. The molecule has 3 amide bonds. The van der Waals surface area contributed by atoms with Crippen molar-refractivity contribution < 1.29 is 52.5 Å². The van der Waals surface area contributed by atoms with Gasteiger partial charge in [0, 0.05) is 105 Å². The molecule has 18 nitrogen and oxygen atoms in total. The Hall–Kier alpha value is -5.63. The van der Waals surface area contributed by atoms with Gasteiger partial charge in [0.2, 0.25) is 17.7 Å². The van der Waals surface area contributed by atoms with E-state index in [1.165, 1.54) is 4.90 Å². The Balaban J connectivity index is 0.703. The third-order valence-corrected chi connectivity index (χ3v) is 17.7. The van der Waals surface area contributed by atoms with Crippen LogP contribution < -0.4 is 25.6 Å². The molecule has 444 valence electrons. The molecular weight excluding hydrogens is 1110 g/mol. The summed E-state index contributed by atoms with van der Waals surface area (Å²) in [6.45, 7) is 15.6. The maximum Gasteiger partial charge on any atom is 0.243 e. The minimum atomic E-state index is -2.50. The third-order valence-electron chi connectivity index (χ3n) is 14.8. The van der Waals surface area contributed by atoms with Crippen LogP contribution in [0.5, 0.6) is 5.75 Å². The predicted octanol–water partition coefficient (Wildman–Crippen LogP) is 7.83. The molecule has 3 N–H and O–H groups in total. The number of carbonyl (C=O) groups is 4. The molecule has 0 saturated carbocycles. The van der Waals surface area contributed by atoms with Crippen molar-refractivity contribution in [1.29, 1.82) is 0 Å². The number of rotatable bonds is 30. The summed E-state index contributed by atoms with van der Waals surface area (Å²) >= 11 is 8.13. The Bertz CT molecular complexity index is 2960. The highest BCUT2D eigenvalue weighted by atomic mass is 35.5. The summed E-state index contributed by atoms with van der Waals surface area (Å²) in [4.78, 5) is 71.9. The fourth-order valence-electron chi connectivity index (χ4n) is 10.2. The second-order valence-electron chi connectivity index (χ2n) is 22.4. The van der Waals surface area contributed by atoms with Gasteiger partial charge in [0.25, 0.3) is 0 Å². The van der Waals surface area contributed by atoms with E-state index in [9.17, 15) is 28.8 Å². The first-order chi connectivity index (χ1) is 39.3.